The highest BCUT2D eigenvalue weighted by Gasteiger charge is 2.12. The lowest BCUT2D eigenvalue weighted by Crippen LogP contribution is -2.25. The molecular weight excluding hydrogens is 360 g/mol. The van der Waals surface area contributed by atoms with Crippen molar-refractivity contribution in [2.45, 2.75) is 26.3 Å². The molecule has 0 bridgehead atoms. The first kappa shape index (κ1) is 18.9. The Kier molecular flexibility index (Phi) is 5.66. The molecular formula is C24H24N4O. The summed E-state index contributed by atoms with van der Waals surface area (Å²) in [6, 6.07) is 22.0. The van der Waals surface area contributed by atoms with Gasteiger partial charge in [-0.1, -0.05) is 42.5 Å². The molecule has 2 aromatic heterocycles. The van der Waals surface area contributed by atoms with Gasteiger partial charge in [-0.05, 0) is 48.7 Å². The van der Waals surface area contributed by atoms with Gasteiger partial charge in [-0.25, -0.2) is 4.98 Å². The number of hydrogen-bond donors (Lipinski definition) is 1. The van der Waals surface area contributed by atoms with Crippen molar-refractivity contribution >= 4 is 16.9 Å². The molecule has 0 spiro atoms. The van der Waals surface area contributed by atoms with Crippen molar-refractivity contribution in [3.8, 4) is 0 Å². The van der Waals surface area contributed by atoms with Crippen molar-refractivity contribution in [1.29, 1.82) is 0 Å². The lowest BCUT2D eigenvalue weighted by atomic mass is 10.1. The highest BCUT2D eigenvalue weighted by molar-refractivity contribution is 5.92. The molecule has 0 unspecified atom stereocenters. The number of para-hydroxylation sites is 2. The van der Waals surface area contributed by atoms with Crippen LogP contribution in [0, 0.1) is 6.92 Å². The number of imidazole rings is 1. The molecule has 4 rings (SSSR count). The number of benzene rings is 2. The minimum atomic E-state index is -0.140. The molecule has 29 heavy (non-hydrogen) atoms. The number of fused-ring (bicyclic) bond motifs is 1. The summed E-state index contributed by atoms with van der Waals surface area (Å²) in [5.74, 6) is 0.903. The first-order valence-corrected chi connectivity index (χ1v) is 9.90. The zero-order chi connectivity index (χ0) is 20.1. The van der Waals surface area contributed by atoms with Crippen molar-refractivity contribution < 1.29 is 4.79 Å². The van der Waals surface area contributed by atoms with Crippen LogP contribution in [0.5, 0.6) is 0 Å². The molecule has 0 saturated carbocycles. The van der Waals surface area contributed by atoms with E-state index in [1.165, 1.54) is 11.1 Å². The van der Waals surface area contributed by atoms with Crippen LogP contribution in [0.2, 0.25) is 0 Å². The van der Waals surface area contributed by atoms with Gasteiger partial charge in [0.15, 0.2) is 0 Å². The minimum Gasteiger partial charge on any atom is -0.351 e. The molecule has 1 N–H and O–H groups in total. The smallest absolute Gasteiger partial charge is 0.269 e. The van der Waals surface area contributed by atoms with Crippen LogP contribution in [0.4, 0.5) is 0 Å². The van der Waals surface area contributed by atoms with Crippen LogP contribution in [-0.2, 0) is 13.0 Å². The van der Waals surface area contributed by atoms with Crippen LogP contribution >= 0.6 is 0 Å². The second kappa shape index (κ2) is 8.69. The fraction of sp³-hybridized carbons (Fsp3) is 0.208. The molecule has 0 aliphatic heterocycles. The Hall–Kier alpha value is -3.47. The molecule has 2 heterocycles. The summed E-state index contributed by atoms with van der Waals surface area (Å²) in [5, 5.41) is 2.94. The Bertz CT molecular complexity index is 1120. The fourth-order valence-electron chi connectivity index (χ4n) is 3.49. The molecule has 4 aromatic rings. The molecule has 146 valence electrons. The number of carbonyl (C=O) groups excluding carboxylic acids is 1. The van der Waals surface area contributed by atoms with E-state index >= 15 is 0 Å². The third kappa shape index (κ3) is 4.35. The van der Waals surface area contributed by atoms with Gasteiger partial charge in [-0.15, -0.1) is 0 Å². The Labute approximate surface area is 170 Å². The van der Waals surface area contributed by atoms with Gasteiger partial charge in [0.1, 0.15) is 11.5 Å². The maximum absolute atomic E-state index is 12.1. The predicted octanol–water partition coefficient (Wildman–Crippen LogP) is 4.15. The van der Waals surface area contributed by atoms with E-state index in [1.54, 1.807) is 18.3 Å². The summed E-state index contributed by atoms with van der Waals surface area (Å²) in [5.41, 5.74) is 5.16. The Morgan fingerprint density at radius 1 is 1.00 bits per heavy atom. The van der Waals surface area contributed by atoms with Crippen LogP contribution < -0.4 is 5.32 Å². The van der Waals surface area contributed by atoms with Gasteiger partial charge in [-0.3, -0.25) is 9.78 Å². The second-order valence-corrected chi connectivity index (χ2v) is 7.10. The molecule has 0 fully saturated rings. The third-order valence-electron chi connectivity index (χ3n) is 5.08. The zero-order valence-corrected chi connectivity index (χ0v) is 16.5. The van der Waals surface area contributed by atoms with E-state index in [1.807, 2.05) is 12.1 Å². The highest BCUT2D eigenvalue weighted by atomic mass is 16.1. The van der Waals surface area contributed by atoms with Crippen LogP contribution in [-0.4, -0.2) is 27.0 Å². The standard InChI is InChI=1S/C24H24N4O/c1-18-9-2-3-10-19(18)17-28-22-13-5-4-11-20(22)27-23(28)14-8-16-26-24(29)21-12-6-7-15-25-21/h2-7,9-13,15H,8,14,16-17H2,1H3,(H,26,29). The van der Waals surface area contributed by atoms with Crippen LogP contribution in [0.3, 0.4) is 0 Å². The summed E-state index contributed by atoms with van der Waals surface area (Å²) in [7, 11) is 0. The number of nitrogens with zero attached hydrogens (tertiary/aromatic N) is 3. The van der Waals surface area contributed by atoms with Crippen molar-refractivity contribution in [3.63, 3.8) is 0 Å². The van der Waals surface area contributed by atoms with Crippen LogP contribution in [0.25, 0.3) is 11.0 Å². The molecule has 0 aliphatic rings. The molecule has 0 aliphatic carbocycles. The largest absolute Gasteiger partial charge is 0.351 e. The molecule has 1 amide bonds. The summed E-state index contributed by atoms with van der Waals surface area (Å²) >= 11 is 0. The Morgan fingerprint density at radius 3 is 2.62 bits per heavy atom. The second-order valence-electron chi connectivity index (χ2n) is 7.10. The van der Waals surface area contributed by atoms with Crippen molar-refractivity contribution in [2.75, 3.05) is 6.54 Å². The SMILES string of the molecule is Cc1ccccc1Cn1c(CCCNC(=O)c2ccccn2)nc2ccccc21. The van der Waals surface area contributed by atoms with E-state index in [2.05, 4.69) is 64.3 Å². The van der Waals surface area contributed by atoms with Crippen molar-refractivity contribution in [3.05, 3.63) is 95.6 Å². The fourth-order valence-corrected chi connectivity index (χ4v) is 3.49. The molecule has 0 saturated heterocycles. The molecule has 5 heteroatoms. The lowest BCUT2D eigenvalue weighted by molar-refractivity contribution is 0.0948. The highest BCUT2D eigenvalue weighted by Crippen LogP contribution is 2.20. The number of amides is 1. The van der Waals surface area contributed by atoms with Gasteiger partial charge < -0.3 is 9.88 Å². The molecule has 2 aromatic carbocycles. The summed E-state index contributed by atoms with van der Waals surface area (Å²) in [6.07, 6.45) is 3.24. The quantitative estimate of drug-likeness (QED) is 0.487. The zero-order valence-electron chi connectivity index (χ0n) is 16.5. The van der Waals surface area contributed by atoms with Gasteiger partial charge in [-0.2, -0.15) is 0 Å². The number of carbonyl (C=O) groups is 1. The number of hydrogen-bond acceptors (Lipinski definition) is 3. The summed E-state index contributed by atoms with van der Waals surface area (Å²) in [4.78, 5) is 21.1. The Morgan fingerprint density at radius 2 is 1.79 bits per heavy atom. The van der Waals surface area contributed by atoms with E-state index in [-0.39, 0.29) is 5.91 Å². The number of nitrogens with one attached hydrogen (secondary N) is 1. The maximum Gasteiger partial charge on any atom is 0.269 e. The minimum absolute atomic E-state index is 0.140. The number of aryl methyl sites for hydroxylation is 2. The van der Waals surface area contributed by atoms with E-state index < -0.39 is 0 Å². The first-order chi connectivity index (χ1) is 14.2. The normalized spacial score (nSPS) is 10.9. The van der Waals surface area contributed by atoms with Gasteiger partial charge >= 0.3 is 0 Å². The maximum atomic E-state index is 12.1. The summed E-state index contributed by atoms with van der Waals surface area (Å²) < 4.78 is 2.29. The number of pyridine rings is 1. The average Bonchev–Trinajstić information content (AvgIpc) is 3.10. The van der Waals surface area contributed by atoms with Crippen LogP contribution in [0.1, 0.15) is 33.9 Å². The van der Waals surface area contributed by atoms with Gasteiger partial charge in [0.2, 0.25) is 0 Å². The summed E-state index contributed by atoms with van der Waals surface area (Å²) in [6.45, 7) is 3.52. The third-order valence-corrected chi connectivity index (χ3v) is 5.08. The van der Waals surface area contributed by atoms with E-state index in [0.717, 1.165) is 36.2 Å². The number of rotatable bonds is 7. The van der Waals surface area contributed by atoms with Gasteiger partial charge in [0, 0.05) is 25.7 Å². The number of aromatic nitrogens is 3. The topological polar surface area (TPSA) is 59.8 Å². The lowest BCUT2D eigenvalue weighted by Gasteiger charge is -2.12. The van der Waals surface area contributed by atoms with Gasteiger partial charge in [0.25, 0.3) is 5.91 Å². The molecule has 0 atom stereocenters. The van der Waals surface area contributed by atoms with Crippen molar-refractivity contribution in [1.82, 2.24) is 19.9 Å². The molecule has 0 radical (unpaired) electrons. The monoisotopic (exact) mass is 384 g/mol. The van der Waals surface area contributed by atoms with E-state index in [9.17, 15) is 4.79 Å². The van der Waals surface area contributed by atoms with E-state index in [4.69, 9.17) is 4.98 Å². The van der Waals surface area contributed by atoms with Crippen LogP contribution in [0.15, 0.2) is 72.9 Å². The van der Waals surface area contributed by atoms with Crippen molar-refractivity contribution in [2.24, 2.45) is 0 Å². The Balaban J connectivity index is 1.47. The average molecular weight is 384 g/mol. The predicted molar refractivity (Wildman–Crippen MR) is 115 cm³/mol. The van der Waals surface area contributed by atoms with Gasteiger partial charge in [0.05, 0.1) is 11.0 Å². The first-order valence-electron chi connectivity index (χ1n) is 9.90. The molecule has 5 nitrogen and oxygen atoms in total. The van der Waals surface area contributed by atoms with E-state index in [0.29, 0.717) is 12.2 Å².